The number of hydrogen-bond donors (Lipinski definition) is 3. The largest absolute Gasteiger partial charge is 0.368 e. The van der Waals surface area contributed by atoms with Crippen molar-refractivity contribution >= 4 is 28.4 Å². The van der Waals surface area contributed by atoms with Crippen LogP contribution in [-0.2, 0) is 0 Å². The van der Waals surface area contributed by atoms with Gasteiger partial charge in [0.2, 0.25) is 5.95 Å². The van der Waals surface area contributed by atoms with Gasteiger partial charge in [0.25, 0.3) is 0 Å². The summed E-state index contributed by atoms with van der Waals surface area (Å²) in [6.07, 6.45) is 3.54. The van der Waals surface area contributed by atoms with E-state index in [4.69, 9.17) is 5.73 Å². The van der Waals surface area contributed by atoms with E-state index in [0.717, 1.165) is 16.6 Å². The molecule has 17 heavy (non-hydrogen) atoms. The highest BCUT2D eigenvalue weighted by Gasteiger charge is 1.99. The van der Waals surface area contributed by atoms with E-state index in [2.05, 4.69) is 20.3 Å². The molecular weight excluding hydrogens is 214 g/mol. The van der Waals surface area contributed by atoms with Crippen LogP contribution < -0.4 is 11.1 Å². The Balaban J connectivity index is 1.94. The zero-order chi connectivity index (χ0) is 11.7. The van der Waals surface area contributed by atoms with Crippen LogP contribution >= 0.6 is 0 Å². The molecule has 5 nitrogen and oxygen atoms in total. The summed E-state index contributed by atoms with van der Waals surface area (Å²) in [5.41, 5.74) is 7.60. The number of nitrogens with one attached hydrogen (secondary N) is 2. The number of hydrogen-bond acceptors (Lipinski definition) is 4. The van der Waals surface area contributed by atoms with E-state index in [9.17, 15) is 0 Å². The highest BCUT2D eigenvalue weighted by molar-refractivity contribution is 5.83. The number of H-pyrrole nitrogens is 1. The minimum Gasteiger partial charge on any atom is -0.368 e. The van der Waals surface area contributed by atoms with Gasteiger partial charge in [-0.15, -0.1) is 0 Å². The molecule has 0 unspecified atom stereocenters. The number of aromatic amines is 1. The minimum absolute atomic E-state index is 0.262. The summed E-state index contributed by atoms with van der Waals surface area (Å²) in [4.78, 5) is 11.1. The van der Waals surface area contributed by atoms with E-state index in [0.29, 0.717) is 5.82 Å². The van der Waals surface area contributed by atoms with Crippen molar-refractivity contribution in [3.8, 4) is 0 Å². The number of anilines is 3. The SMILES string of the molecule is Nc1nccc(Nc2ccc3[nH]ccc3c2)n1. The number of nitrogens with two attached hydrogens (primary N) is 1. The summed E-state index contributed by atoms with van der Waals surface area (Å²) in [5.74, 6) is 0.949. The number of fused-ring (bicyclic) bond motifs is 1. The lowest BCUT2D eigenvalue weighted by atomic mass is 10.2. The molecule has 0 aliphatic carbocycles. The first kappa shape index (κ1) is 9.65. The van der Waals surface area contributed by atoms with Crippen LogP contribution in [0.2, 0.25) is 0 Å². The molecule has 0 aliphatic heterocycles. The van der Waals surface area contributed by atoms with Gasteiger partial charge in [-0.3, -0.25) is 0 Å². The molecule has 0 bridgehead atoms. The lowest BCUT2D eigenvalue weighted by molar-refractivity contribution is 1.18. The molecule has 1 aromatic carbocycles. The zero-order valence-electron chi connectivity index (χ0n) is 9.01. The molecule has 3 rings (SSSR count). The van der Waals surface area contributed by atoms with E-state index in [-0.39, 0.29) is 5.95 Å². The Morgan fingerprint density at radius 2 is 2.12 bits per heavy atom. The maximum absolute atomic E-state index is 5.52. The van der Waals surface area contributed by atoms with Crippen molar-refractivity contribution in [2.45, 2.75) is 0 Å². The van der Waals surface area contributed by atoms with Gasteiger partial charge in [0.1, 0.15) is 5.82 Å². The second-order valence-electron chi connectivity index (χ2n) is 3.70. The highest BCUT2D eigenvalue weighted by atomic mass is 15.1. The van der Waals surface area contributed by atoms with Crippen LogP contribution in [0.4, 0.5) is 17.5 Å². The fourth-order valence-corrected chi connectivity index (χ4v) is 1.72. The monoisotopic (exact) mass is 225 g/mol. The van der Waals surface area contributed by atoms with E-state index in [1.807, 2.05) is 30.5 Å². The van der Waals surface area contributed by atoms with Crippen LogP contribution in [0, 0.1) is 0 Å². The standard InChI is InChI=1S/C12H11N5/c13-12-15-6-4-11(17-12)16-9-1-2-10-8(7-9)3-5-14-10/h1-7,14H,(H3,13,15,16,17). The van der Waals surface area contributed by atoms with Gasteiger partial charge in [0.05, 0.1) is 0 Å². The van der Waals surface area contributed by atoms with Crippen LogP contribution in [0.15, 0.2) is 42.7 Å². The topological polar surface area (TPSA) is 79.6 Å². The molecule has 0 spiro atoms. The first-order chi connectivity index (χ1) is 8.31. The Hall–Kier alpha value is -2.56. The summed E-state index contributed by atoms with van der Waals surface area (Å²) in [5, 5.41) is 4.33. The molecule has 3 aromatic rings. The van der Waals surface area contributed by atoms with Crippen LogP contribution in [0.5, 0.6) is 0 Å². The normalized spacial score (nSPS) is 10.6. The quantitative estimate of drug-likeness (QED) is 0.625. The fraction of sp³-hybridized carbons (Fsp3) is 0. The lowest BCUT2D eigenvalue weighted by Gasteiger charge is -2.05. The second kappa shape index (κ2) is 3.79. The predicted molar refractivity (Wildman–Crippen MR) is 68.0 cm³/mol. The third kappa shape index (κ3) is 1.90. The summed E-state index contributed by atoms with van der Waals surface area (Å²) in [6.45, 7) is 0. The summed E-state index contributed by atoms with van der Waals surface area (Å²) >= 11 is 0. The van der Waals surface area contributed by atoms with Crippen LogP contribution in [0.1, 0.15) is 0 Å². The van der Waals surface area contributed by atoms with Crippen LogP contribution in [-0.4, -0.2) is 15.0 Å². The van der Waals surface area contributed by atoms with Gasteiger partial charge in [-0.25, -0.2) is 4.98 Å². The first-order valence-corrected chi connectivity index (χ1v) is 5.24. The molecule has 4 N–H and O–H groups in total. The minimum atomic E-state index is 0.262. The molecule has 2 heterocycles. The Morgan fingerprint density at radius 1 is 1.18 bits per heavy atom. The van der Waals surface area contributed by atoms with E-state index < -0.39 is 0 Å². The van der Waals surface area contributed by atoms with E-state index >= 15 is 0 Å². The molecule has 0 atom stereocenters. The maximum Gasteiger partial charge on any atom is 0.221 e. The van der Waals surface area contributed by atoms with Gasteiger partial charge in [-0.05, 0) is 30.3 Å². The predicted octanol–water partition coefficient (Wildman–Crippen LogP) is 2.28. The second-order valence-corrected chi connectivity index (χ2v) is 3.70. The van der Waals surface area contributed by atoms with Crippen molar-refractivity contribution in [3.63, 3.8) is 0 Å². The van der Waals surface area contributed by atoms with Gasteiger partial charge < -0.3 is 16.0 Å². The number of aromatic nitrogens is 3. The molecule has 2 aromatic heterocycles. The van der Waals surface area contributed by atoms with Gasteiger partial charge in [-0.1, -0.05) is 0 Å². The average Bonchev–Trinajstić information content (AvgIpc) is 2.76. The van der Waals surface area contributed by atoms with Crippen molar-refractivity contribution in [2.75, 3.05) is 11.1 Å². The van der Waals surface area contributed by atoms with Crippen molar-refractivity contribution in [1.82, 2.24) is 15.0 Å². The molecule has 0 radical (unpaired) electrons. The lowest BCUT2D eigenvalue weighted by Crippen LogP contribution is -1.98. The smallest absolute Gasteiger partial charge is 0.221 e. The van der Waals surface area contributed by atoms with Crippen molar-refractivity contribution < 1.29 is 0 Å². The van der Waals surface area contributed by atoms with Crippen LogP contribution in [0.25, 0.3) is 10.9 Å². The zero-order valence-corrected chi connectivity index (χ0v) is 9.01. The molecule has 0 aliphatic rings. The Morgan fingerprint density at radius 3 is 3.00 bits per heavy atom. The molecule has 0 fully saturated rings. The summed E-state index contributed by atoms with van der Waals surface area (Å²) in [6, 6.07) is 9.84. The fourth-order valence-electron chi connectivity index (χ4n) is 1.72. The van der Waals surface area contributed by atoms with Gasteiger partial charge in [0, 0.05) is 29.0 Å². The van der Waals surface area contributed by atoms with E-state index in [1.165, 1.54) is 0 Å². The van der Waals surface area contributed by atoms with E-state index in [1.54, 1.807) is 12.3 Å². The van der Waals surface area contributed by atoms with Crippen molar-refractivity contribution in [2.24, 2.45) is 0 Å². The molecule has 5 heteroatoms. The number of nitrogens with zero attached hydrogens (tertiary/aromatic N) is 2. The molecule has 0 saturated carbocycles. The third-order valence-electron chi connectivity index (χ3n) is 2.50. The van der Waals surface area contributed by atoms with Crippen molar-refractivity contribution in [1.29, 1.82) is 0 Å². The Bertz CT molecular complexity index is 659. The average molecular weight is 225 g/mol. The molecule has 84 valence electrons. The molecule has 0 saturated heterocycles. The number of rotatable bonds is 2. The molecule has 0 amide bonds. The molecular formula is C12H11N5. The number of nitrogen functional groups attached to an aromatic ring is 1. The van der Waals surface area contributed by atoms with Gasteiger partial charge in [0.15, 0.2) is 0 Å². The van der Waals surface area contributed by atoms with Gasteiger partial charge in [-0.2, -0.15) is 4.98 Å². The Kier molecular flexibility index (Phi) is 2.15. The summed E-state index contributed by atoms with van der Waals surface area (Å²) in [7, 11) is 0. The van der Waals surface area contributed by atoms with Crippen LogP contribution in [0.3, 0.4) is 0 Å². The summed E-state index contributed by atoms with van der Waals surface area (Å²) < 4.78 is 0. The first-order valence-electron chi connectivity index (χ1n) is 5.24. The highest BCUT2D eigenvalue weighted by Crippen LogP contribution is 2.20. The number of benzene rings is 1. The van der Waals surface area contributed by atoms with Gasteiger partial charge >= 0.3 is 0 Å². The Labute approximate surface area is 97.7 Å². The maximum atomic E-state index is 5.52. The third-order valence-corrected chi connectivity index (χ3v) is 2.50. The van der Waals surface area contributed by atoms with Crippen molar-refractivity contribution in [3.05, 3.63) is 42.7 Å².